The van der Waals surface area contributed by atoms with Gasteiger partial charge in [-0.1, -0.05) is 43.2 Å². The van der Waals surface area contributed by atoms with Crippen LogP contribution in [0.15, 0.2) is 30.3 Å². The summed E-state index contributed by atoms with van der Waals surface area (Å²) < 4.78 is 0. The SMILES string of the molecule is CCCCN(C)C(=O)c1cc(C)nc(NCc2ccc(C)cc2)n1. The van der Waals surface area contributed by atoms with Gasteiger partial charge < -0.3 is 10.2 Å². The molecule has 2 rings (SSSR count). The van der Waals surface area contributed by atoms with Crippen LogP contribution in [0.5, 0.6) is 0 Å². The quantitative estimate of drug-likeness (QED) is 0.845. The molecule has 0 spiro atoms. The largest absolute Gasteiger partial charge is 0.350 e. The number of hydrogen-bond donors (Lipinski definition) is 1. The first-order chi connectivity index (χ1) is 11.5. The minimum absolute atomic E-state index is 0.0627. The maximum Gasteiger partial charge on any atom is 0.272 e. The zero-order chi connectivity index (χ0) is 17.5. The number of carbonyl (C=O) groups is 1. The highest BCUT2D eigenvalue weighted by atomic mass is 16.2. The molecule has 2 aromatic rings. The molecule has 1 aromatic carbocycles. The fourth-order valence-corrected chi connectivity index (χ4v) is 2.34. The molecule has 1 aromatic heterocycles. The summed E-state index contributed by atoms with van der Waals surface area (Å²) in [7, 11) is 1.81. The van der Waals surface area contributed by atoms with Gasteiger partial charge in [0.15, 0.2) is 0 Å². The number of carbonyl (C=O) groups excluding carboxylic acids is 1. The van der Waals surface area contributed by atoms with Gasteiger partial charge in [-0.15, -0.1) is 0 Å². The van der Waals surface area contributed by atoms with Crippen LogP contribution < -0.4 is 5.32 Å². The van der Waals surface area contributed by atoms with E-state index in [-0.39, 0.29) is 5.91 Å². The van der Waals surface area contributed by atoms with Crippen molar-refractivity contribution in [3.63, 3.8) is 0 Å². The lowest BCUT2D eigenvalue weighted by molar-refractivity contribution is 0.0787. The third kappa shape index (κ3) is 5.05. The summed E-state index contributed by atoms with van der Waals surface area (Å²) in [5.41, 5.74) is 3.60. The molecule has 1 N–H and O–H groups in total. The number of hydrogen-bond acceptors (Lipinski definition) is 4. The van der Waals surface area contributed by atoms with E-state index in [0.29, 0.717) is 18.2 Å². The number of nitrogens with zero attached hydrogens (tertiary/aromatic N) is 3. The molecule has 24 heavy (non-hydrogen) atoms. The monoisotopic (exact) mass is 326 g/mol. The lowest BCUT2D eigenvalue weighted by atomic mass is 10.1. The molecule has 0 bridgehead atoms. The van der Waals surface area contributed by atoms with E-state index in [9.17, 15) is 4.79 Å². The van der Waals surface area contributed by atoms with Gasteiger partial charge in [-0.2, -0.15) is 0 Å². The van der Waals surface area contributed by atoms with Crippen molar-refractivity contribution in [2.75, 3.05) is 18.9 Å². The van der Waals surface area contributed by atoms with Crippen LogP contribution in [0.4, 0.5) is 5.95 Å². The van der Waals surface area contributed by atoms with E-state index in [1.165, 1.54) is 5.56 Å². The second-order valence-electron chi connectivity index (χ2n) is 6.14. The fourth-order valence-electron chi connectivity index (χ4n) is 2.34. The van der Waals surface area contributed by atoms with E-state index in [1.807, 2.05) is 14.0 Å². The molecule has 5 heteroatoms. The van der Waals surface area contributed by atoms with E-state index in [1.54, 1.807) is 11.0 Å². The molecule has 1 heterocycles. The van der Waals surface area contributed by atoms with Crippen molar-refractivity contribution in [3.8, 4) is 0 Å². The summed E-state index contributed by atoms with van der Waals surface area (Å²) in [5.74, 6) is 0.426. The van der Waals surface area contributed by atoms with Crippen molar-refractivity contribution < 1.29 is 4.79 Å². The summed E-state index contributed by atoms with van der Waals surface area (Å²) in [6.45, 7) is 7.42. The van der Waals surface area contributed by atoms with Crippen LogP contribution in [0, 0.1) is 13.8 Å². The summed E-state index contributed by atoms with van der Waals surface area (Å²) >= 11 is 0. The molecular formula is C19H26N4O. The maximum absolute atomic E-state index is 12.5. The second kappa shape index (κ2) is 8.43. The van der Waals surface area contributed by atoms with Gasteiger partial charge in [-0.25, -0.2) is 9.97 Å². The zero-order valence-electron chi connectivity index (χ0n) is 15.0. The minimum Gasteiger partial charge on any atom is -0.350 e. The van der Waals surface area contributed by atoms with Gasteiger partial charge in [0, 0.05) is 25.8 Å². The third-order valence-electron chi connectivity index (χ3n) is 3.84. The average molecular weight is 326 g/mol. The Labute approximate surface area is 144 Å². The normalized spacial score (nSPS) is 10.5. The zero-order valence-corrected chi connectivity index (χ0v) is 15.0. The van der Waals surface area contributed by atoms with Crippen molar-refractivity contribution in [2.45, 2.75) is 40.2 Å². The van der Waals surface area contributed by atoms with Crippen LogP contribution in [0.1, 0.15) is 47.1 Å². The number of rotatable bonds is 7. The van der Waals surface area contributed by atoms with Crippen LogP contribution in [0.3, 0.4) is 0 Å². The fraction of sp³-hybridized carbons (Fsp3) is 0.421. The molecule has 0 aliphatic heterocycles. The first-order valence-corrected chi connectivity index (χ1v) is 8.40. The van der Waals surface area contributed by atoms with E-state index in [0.717, 1.165) is 30.6 Å². The van der Waals surface area contributed by atoms with Gasteiger partial charge in [-0.05, 0) is 31.9 Å². The highest BCUT2D eigenvalue weighted by Gasteiger charge is 2.14. The van der Waals surface area contributed by atoms with Crippen LogP contribution >= 0.6 is 0 Å². The standard InChI is InChI=1S/C19H26N4O/c1-5-6-11-23(4)18(24)17-12-15(3)21-19(22-17)20-13-16-9-7-14(2)8-10-16/h7-10,12H,5-6,11,13H2,1-4H3,(H,20,21,22). The number of aromatic nitrogens is 2. The predicted octanol–water partition coefficient (Wildman–Crippen LogP) is 3.58. The molecule has 0 saturated heterocycles. The van der Waals surface area contributed by atoms with Gasteiger partial charge in [0.2, 0.25) is 5.95 Å². The van der Waals surface area contributed by atoms with Gasteiger partial charge >= 0.3 is 0 Å². The van der Waals surface area contributed by atoms with Crippen molar-refractivity contribution in [3.05, 3.63) is 52.8 Å². The Morgan fingerprint density at radius 1 is 1.17 bits per heavy atom. The summed E-state index contributed by atoms with van der Waals surface area (Å²) in [6, 6.07) is 10.0. The van der Waals surface area contributed by atoms with E-state index < -0.39 is 0 Å². The van der Waals surface area contributed by atoms with Crippen molar-refractivity contribution in [1.82, 2.24) is 14.9 Å². The van der Waals surface area contributed by atoms with E-state index in [2.05, 4.69) is 53.4 Å². The van der Waals surface area contributed by atoms with Crippen molar-refractivity contribution in [1.29, 1.82) is 0 Å². The molecule has 0 saturated carbocycles. The number of unbranched alkanes of at least 4 members (excludes halogenated alkanes) is 1. The predicted molar refractivity (Wildman–Crippen MR) is 97.1 cm³/mol. The Kier molecular flexibility index (Phi) is 6.29. The van der Waals surface area contributed by atoms with E-state index >= 15 is 0 Å². The van der Waals surface area contributed by atoms with Crippen molar-refractivity contribution >= 4 is 11.9 Å². The Hall–Kier alpha value is -2.43. The van der Waals surface area contributed by atoms with Gasteiger partial charge in [0.25, 0.3) is 5.91 Å². The number of amides is 1. The Balaban J connectivity index is 2.07. The topological polar surface area (TPSA) is 58.1 Å². The Morgan fingerprint density at radius 2 is 1.88 bits per heavy atom. The van der Waals surface area contributed by atoms with Crippen LogP contribution in [0.2, 0.25) is 0 Å². The molecule has 0 unspecified atom stereocenters. The third-order valence-corrected chi connectivity index (χ3v) is 3.84. The first kappa shape index (κ1) is 17.9. The molecule has 1 amide bonds. The Morgan fingerprint density at radius 3 is 2.54 bits per heavy atom. The lowest BCUT2D eigenvalue weighted by Gasteiger charge is -2.17. The molecule has 0 aliphatic rings. The number of benzene rings is 1. The average Bonchev–Trinajstić information content (AvgIpc) is 2.58. The minimum atomic E-state index is -0.0627. The summed E-state index contributed by atoms with van der Waals surface area (Å²) in [5, 5.41) is 3.21. The second-order valence-corrected chi connectivity index (χ2v) is 6.14. The summed E-state index contributed by atoms with van der Waals surface area (Å²) in [6.07, 6.45) is 2.05. The van der Waals surface area contributed by atoms with Gasteiger partial charge in [0.05, 0.1) is 0 Å². The number of anilines is 1. The molecular weight excluding hydrogens is 300 g/mol. The maximum atomic E-state index is 12.5. The molecule has 0 fully saturated rings. The summed E-state index contributed by atoms with van der Waals surface area (Å²) in [4.78, 5) is 23.0. The highest BCUT2D eigenvalue weighted by molar-refractivity contribution is 5.92. The molecule has 0 radical (unpaired) electrons. The van der Waals surface area contributed by atoms with Crippen LogP contribution in [-0.2, 0) is 6.54 Å². The smallest absolute Gasteiger partial charge is 0.272 e. The molecule has 0 atom stereocenters. The Bertz CT molecular complexity index is 682. The molecule has 0 aliphatic carbocycles. The van der Waals surface area contributed by atoms with Gasteiger partial charge in [0.1, 0.15) is 5.69 Å². The van der Waals surface area contributed by atoms with Crippen molar-refractivity contribution in [2.24, 2.45) is 0 Å². The number of aryl methyl sites for hydroxylation is 2. The van der Waals surface area contributed by atoms with Gasteiger partial charge in [-0.3, -0.25) is 4.79 Å². The lowest BCUT2D eigenvalue weighted by Crippen LogP contribution is -2.28. The highest BCUT2D eigenvalue weighted by Crippen LogP contribution is 2.10. The van der Waals surface area contributed by atoms with E-state index in [4.69, 9.17) is 0 Å². The number of nitrogens with one attached hydrogen (secondary N) is 1. The van der Waals surface area contributed by atoms with Crippen LogP contribution in [-0.4, -0.2) is 34.4 Å². The molecule has 128 valence electrons. The molecule has 5 nitrogen and oxygen atoms in total. The first-order valence-electron chi connectivity index (χ1n) is 8.40. The van der Waals surface area contributed by atoms with Crippen LogP contribution in [0.25, 0.3) is 0 Å².